The lowest BCUT2D eigenvalue weighted by Gasteiger charge is -2.10. The molecule has 7 heteroatoms. The standard InChI is InChI=1S/C10H16N4O3/c1-3-4-7(11)5-8-9(14(15)16)10(17-2)13-6-12-8/h6-7H,3-5,11H2,1-2H3. The minimum atomic E-state index is -0.535. The Kier molecular flexibility index (Phi) is 4.77. The molecule has 17 heavy (non-hydrogen) atoms. The highest BCUT2D eigenvalue weighted by atomic mass is 16.6. The Morgan fingerprint density at radius 1 is 1.59 bits per heavy atom. The van der Waals surface area contributed by atoms with E-state index in [4.69, 9.17) is 10.5 Å². The summed E-state index contributed by atoms with van der Waals surface area (Å²) in [5.41, 5.74) is 5.98. The van der Waals surface area contributed by atoms with Crippen molar-refractivity contribution in [1.82, 2.24) is 9.97 Å². The maximum Gasteiger partial charge on any atom is 0.352 e. The van der Waals surface area contributed by atoms with E-state index < -0.39 is 4.92 Å². The van der Waals surface area contributed by atoms with Crippen molar-refractivity contribution in [3.05, 3.63) is 22.1 Å². The Bertz CT molecular complexity index is 397. The number of nitrogens with zero attached hydrogens (tertiary/aromatic N) is 3. The van der Waals surface area contributed by atoms with Crippen molar-refractivity contribution in [2.75, 3.05) is 7.11 Å². The molecule has 0 aliphatic rings. The Morgan fingerprint density at radius 3 is 2.82 bits per heavy atom. The maximum atomic E-state index is 10.9. The van der Waals surface area contributed by atoms with Crippen LogP contribution in [0.3, 0.4) is 0 Å². The summed E-state index contributed by atoms with van der Waals surface area (Å²) in [5.74, 6) is -0.0244. The van der Waals surface area contributed by atoms with Gasteiger partial charge in [0.1, 0.15) is 12.0 Å². The van der Waals surface area contributed by atoms with Crippen LogP contribution in [-0.2, 0) is 6.42 Å². The molecule has 0 bridgehead atoms. The third-order valence-electron chi connectivity index (χ3n) is 2.36. The van der Waals surface area contributed by atoms with Crippen molar-refractivity contribution in [1.29, 1.82) is 0 Å². The van der Waals surface area contributed by atoms with Crippen molar-refractivity contribution in [2.24, 2.45) is 5.73 Å². The zero-order valence-electron chi connectivity index (χ0n) is 9.92. The summed E-state index contributed by atoms with van der Waals surface area (Å²) in [7, 11) is 1.34. The molecule has 0 aliphatic heterocycles. The number of methoxy groups -OCH3 is 1. The number of ether oxygens (including phenoxy) is 1. The van der Waals surface area contributed by atoms with Gasteiger partial charge in [0.15, 0.2) is 0 Å². The molecule has 1 atom stereocenters. The van der Waals surface area contributed by atoms with Gasteiger partial charge >= 0.3 is 5.69 Å². The molecule has 0 spiro atoms. The molecule has 0 fully saturated rings. The van der Waals surface area contributed by atoms with Gasteiger partial charge in [0.2, 0.25) is 0 Å². The molecule has 1 unspecified atom stereocenters. The molecule has 0 aromatic carbocycles. The first-order valence-electron chi connectivity index (χ1n) is 5.38. The Balaban J connectivity index is 3.02. The molecule has 2 N–H and O–H groups in total. The average molecular weight is 240 g/mol. The highest BCUT2D eigenvalue weighted by Crippen LogP contribution is 2.27. The van der Waals surface area contributed by atoms with E-state index in [0.29, 0.717) is 12.1 Å². The maximum absolute atomic E-state index is 10.9. The summed E-state index contributed by atoms with van der Waals surface area (Å²) < 4.78 is 4.86. The molecule has 94 valence electrons. The van der Waals surface area contributed by atoms with E-state index in [2.05, 4.69) is 9.97 Å². The van der Waals surface area contributed by atoms with Gasteiger partial charge < -0.3 is 10.5 Å². The van der Waals surface area contributed by atoms with Crippen LogP contribution < -0.4 is 10.5 Å². The predicted molar refractivity (Wildman–Crippen MR) is 61.8 cm³/mol. The van der Waals surface area contributed by atoms with Gasteiger partial charge in [-0.15, -0.1) is 0 Å². The van der Waals surface area contributed by atoms with E-state index in [9.17, 15) is 10.1 Å². The second kappa shape index (κ2) is 6.09. The fourth-order valence-corrected chi connectivity index (χ4v) is 1.60. The normalized spacial score (nSPS) is 12.2. The second-order valence-corrected chi connectivity index (χ2v) is 3.69. The number of hydrogen-bond donors (Lipinski definition) is 1. The third-order valence-corrected chi connectivity index (χ3v) is 2.36. The molecule has 0 aliphatic carbocycles. The lowest BCUT2D eigenvalue weighted by Crippen LogP contribution is -2.23. The number of aromatic nitrogens is 2. The minimum absolute atomic E-state index is 0.0244. The van der Waals surface area contributed by atoms with Crippen LogP contribution in [0.1, 0.15) is 25.5 Å². The zero-order chi connectivity index (χ0) is 12.8. The first-order chi connectivity index (χ1) is 8.10. The number of nitro groups is 1. The Labute approximate surface area is 99.2 Å². The van der Waals surface area contributed by atoms with Crippen molar-refractivity contribution >= 4 is 5.69 Å². The summed E-state index contributed by atoms with van der Waals surface area (Å²) in [6.07, 6.45) is 3.32. The van der Waals surface area contributed by atoms with E-state index in [0.717, 1.165) is 12.8 Å². The SMILES string of the molecule is CCCC(N)Cc1ncnc(OC)c1[N+](=O)[O-]. The fraction of sp³-hybridized carbons (Fsp3) is 0.600. The van der Waals surface area contributed by atoms with Gasteiger partial charge in [-0.25, -0.2) is 4.98 Å². The molecular weight excluding hydrogens is 224 g/mol. The van der Waals surface area contributed by atoms with Gasteiger partial charge in [0.25, 0.3) is 5.88 Å². The van der Waals surface area contributed by atoms with Crippen LogP contribution in [0.5, 0.6) is 5.88 Å². The predicted octanol–water partition coefficient (Wildman–Crippen LogP) is 1.06. The quantitative estimate of drug-likeness (QED) is 0.589. The first-order valence-corrected chi connectivity index (χ1v) is 5.38. The number of nitrogens with two attached hydrogens (primary N) is 1. The lowest BCUT2D eigenvalue weighted by molar-refractivity contribution is -0.387. The molecule has 1 rings (SSSR count). The van der Waals surface area contributed by atoms with Gasteiger partial charge in [-0.2, -0.15) is 4.98 Å². The molecule has 1 heterocycles. The second-order valence-electron chi connectivity index (χ2n) is 3.69. The molecular formula is C10H16N4O3. The van der Waals surface area contributed by atoms with Crippen LogP contribution in [0.2, 0.25) is 0 Å². The van der Waals surface area contributed by atoms with E-state index in [1.54, 1.807) is 0 Å². The van der Waals surface area contributed by atoms with Crippen molar-refractivity contribution in [3.8, 4) is 5.88 Å². The molecule has 7 nitrogen and oxygen atoms in total. The molecule has 1 aromatic heterocycles. The van der Waals surface area contributed by atoms with Crippen molar-refractivity contribution in [3.63, 3.8) is 0 Å². The molecule has 0 radical (unpaired) electrons. The highest BCUT2D eigenvalue weighted by Gasteiger charge is 2.24. The zero-order valence-corrected chi connectivity index (χ0v) is 9.92. The topological polar surface area (TPSA) is 104 Å². The van der Waals surface area contributed by atoms with Gasteiger partial charge in [0, 0.05) is 12.5 Å². The number of hydrogen-bond acceptors (Lipinski definition) is 6. The molecule has 0 saturated heterocycles. The molecule has 0 amide bonds. The van der Waals surface area contributed by atoms with Gasteiger partial charge in [-0.05, 0) is 6.42 Å². The van der Waals surface area contributed by atoms with Gasteiger partial charge in [0.05, 0.1) is 12.0 Å². The van der Waals surface area contributed by atoms with Crippen LogP contribution in [-0.4, -0.2) is 28.0 Å². The molecule has 0 saturated carbocycles. The van der Waals surface area contributed by atoms with E-state index in [1.165, 1.54) is 13.4 Å². The van der Waals surface area contributed by atoms with Crippen LogP contribution in [0, 0.1) is 10.1 Å². The van der Waals surface area contributed by atoms with Gasteiger partial charge in [-0.3, -0.25) is 10.1 Å². The summed E-state index contributed by atoms with van der Waals surface area (Å²) in [5, 5.41) is 10.9. The molecule has 1 aromatic rings. The van der Waals surface area contributed by atoms with E-state index >= 15 is 0 Å². The third kappa shape index (κ3) is 3.35. The Morgan fingerprint density at radius 2 is 2.29 bits per heavy atom. The lowest BCUT2D eigenvalue weighted by atomic mass is 10.1. The van der Waals surface area contributed by atoms with Crippen LogP contribution >= 0.6 is 0 Å². The minimum Gasteiger partial charge on any atom is -0.476 e. The largest absolute Gasteiger partial charge is 0.476 e. The number of rotatable bonds is 6. The highest BCUT2D eigenvalue weighted by molar-refractivity contribution is 5.44. The summed E-state index contributed by atoms with van der Waals surface area (Å²) in [6.45, 7) is 2.01. The average Bonchev–Trinajstić information content (AvgIpc) is 2.28. The first kappa shape index (κ1) is 13.3. The van der Waals surface area contributed by atoms with E-state index in [-0.39, 0.29) is 17.6 Å². The smallest absolute Gasteiger partial charge is 0.352 e. The Hall–Kier alpha value is -1.76. The van der Waals surface area contributed by atoms with Crippen LogP contribution in [0.15, 0.2) is 6.33 Å². The van der Waals surface area contributed by atoms with Crippen LogP contribution in [0.4, 0.5) is 5.69 Å². The van der Waals surface area contributed by atoms with Crippen molar-refractivity contribution < 1.29 is 9.66 Å². The summed E-state index contributed by atoms with van der Waals surface area (Å²) in [4.78, 5) is 18.0. The monoisotopic (exact) mass is 240 g/mol. The summed E-state index contributed by atoms with van der Waals surface area (Å²) in [6, 6.07) is -0.140. The van der Waals surface area contributed by atoms with E-state index in [1.807, 2.05) is 6.92 Å². The van der Waals surface area contributed by atoms with Crippen molar-refractivity contribution in [2.45, 2.75) is 32.2 Å². The van der Waals surface area contributed by atoms with Gasteiger partial charge in [-0.1, -0.05) is 13.3 Å². The summed E-state index contributed by atoms with van der Waals surface area (Å²) >= 11 is 0. The fourth-order valence-electron chi connectivity index (χ4n) is 1.60. The van der Waals surface area contributed by atoms with Crippen LogP contribution in [0.25, 0.3) is 0 Å².